The zero-order valence-electron chi connectivity index (χ0n) is 15.1. The average molecular weight is 377 g/mol. The van der Waals surface area contributed by atoms with Gasteiger partial charge < -0.3 is 10.6 Å². The average Bonchev–Trinajstić information content (AvgIpc) is 3.46. The second kappa shape index (κ2) is 7.09. The van der Waals surface area contributed by atoms with Crippen molar-refractivity contribution in [2.75, 3.05) is 5.32 Å². The number of hydrogen-bond donors (Lipinski definition) is 2. The zero-order chi connectivity index (χ0) is 18.9. The molecule has 0 saturated heterocycles. The van der Waals surface area contributed by atoms with Gasteiger partial charge in [-0.15, -0.1) is 0 Å². The molecule has 2 N–H and O–H groups in total. The van der Waals surface area contributed by atoms with E-state index < -0.39 is 0 Å². The molecule has 3 aromatic carbocycles. The normalized spacial score (nSPS) is 14.4. The van der Waals surface area contributed by atoms with E-state index in [4.69, 9.17) is 11.6 Å². The van der Waals surface area contributed by atoms with E-state index in [0.717, 1.165) is 35.2 Å². The van der Waals surface area contributed by atoms with Crippen LogP contribution >= 0.6 is 11.6 Å². The van der Waals surface area contributed by atoms with E-state index in [2.05, 4.69) is 47.0 Å². The highest BCUT2D eigenvalue weighted by molar-refractivity contribution is 6.31. The lowest BCUT2D eigenvalue weighted by Gasteiger charge is -2.19. The van der Waals surface area contributed by atoms with Crippen LogP contribution in [-0.2, 0) is 5.54 Å². The van der Waals surface area contributed by atoms with Crippen LogP contribution in [0.15, 0.2) is 72.8 Å². The molecule has 1 aliphatic carbocycles. The molecule has 3 aromatic rings. The van der Waals surface area contributed by atoms with Crippen molar-refractivity contribution >= 4 is 23.3 Å². The molecule has 0 bridgehead atoms. The fourth-order valence-electron chi connectivity index (χ4n) is 3.34. The quantitative estimate of drug-likeness (QED) is 0.565. The third kappa shape index (κ3) is 3.83. The van der Waals surface area contributed by atoms with Crippen LogP contribution in [0.1, 0.15) is 24.0 Å². The fraction of sp³-hybridized carbons (Fsp3) is 0.174. The van der Waals surface area contributed by atoms with Gasteiger partial charge in [0.15, 0.2) is 0 Å². The van der Waals surface area contributed by atoms with Crippen LogP contribution in [0.4, 0.5) is 10.5 Å². The van der Waals surface area contributed by atoms with Crippen molar-refractivity contribution in [2.45, 2.75) is 25.3 Å². The molecule has 0 atom stereocenters. The summed E-state index contributed by atoms with van der Waals surface area (Å²) in [6, 6.07) is 24.0. The Labute approximate surface area is 164 Å². The van der Waals surface area contributed by atoms with Crippen LogP contribution in [0, 0.1) is 6.92 Å². The summed E-state index contributed by atoms with van der Waals surface area (Å²) in [6.07, 6.45) is 1.89. The van der Waals surface area contributed by atoms with E-state index in [1.807, 2.05) is 37.3 Å². The Morgan fingerprint density at radius 3 is 2.37 bits per heavy atom. The first-order valence-corrected chi connectivity index (χ1v) is 9.45. The zero-order valence-corrected chi connectivity index (χ0v) is 15.9. The number of rotatable bonds is 4. The minimum atomic E-state index is -0.281. The topological polar surface area (TPSA) is 41.1 Å². The number of halogens is 1. The molecule has 0 radical (unpaired) electrons. The molecular formula is C23H21ClN2O. The smallest absolute Gasteiger partial charge is 0.319 e. The number of carbonyl (C=O) groups excluding carboxylic acids is 1. The number of benzene rings is 3. The minimum Gasteiger partial charge on any atom is -0.328 e. The number of carbonyl (C=O) groups is 1. The van der Waals surface area contributed by atoms with Gasteiger partial charge in [0.2, 0.25) is 0 Å². The number of urea groups is 1. The largest absolute Gasteiger partial charge is 0.328 e. The van der Waals surface area contributed by atoms with Crippen molar-refractivity contribution in [3.63, 3.8) is 0 Å². The first kappa shape index (κ1) is 17.6. The van der Waals surface area contributed by atoms with Gasteiger partial charge in [-0.2, -0.15) is 0 Å². The van der Waals surface area contributed by atoms with Gasteiger partial charge >= 0.3 is 6.03 Å². The van der Waals surface area contributed by atoms with Crippen LogP contribution in [0.3, 0.4) is 0 Å². The molecule has 136 valence electrons. The van der Waals surface area contributed by atoms with E-state index in [1.165, 1.54) is 5.56 Å². The van der Waals surface area contributed by atoms with Gasteiger partial charge in [-0.1, -0.05) is 60.1 Å². The van der Waals surface area contributed by atoms with Crippen molar-refractivity contribution in [1.29, 1.82) is 0 Å². The van der Waals surface area contributed by atoms with Gasteiger partial charge in [0, 0.05) is 10.7 Å². The monoisotopic (exact) mass is 376 g/mol. The Morgan fingerprint density at radius 2 is 1.67 bits per heavy atom. The standard InChI is InChI=1S/C23H21ClN2O/c1-16-14-20(10-11-21(16)24)25-22(27)26-23(12-13-23)19-9-5-8-18(15-19)17-6-3-2-4-7-17/h2-11,14-15H,12-13H2,1H3,(H2,25,26,27). The van der Waals surface area contributed by atoms with Gasteiger partial charge in [-0.3, -0.25) is 0 Å². The second-order valence-electron chi connectivity index (χ2n) is 7.07. The van der Waals surface area contributed by atoms with Crippen molar-refractivity contribution in [3.05, 3.63) is 88.9 Å². The summed E-state index contributed by atoms with van der Waals surface area (Å²) in [6.45, 7) is 1.92. The Balaban J connectivity index is 1.51. The van der Waals surface area contributed by atoms with E-state index >= 15 is 0 Å². The van der Waals surface area contributed by atoms with E-state index in [-0.39, 0.29) is 11.6 Å². The highest BCUT2D eigenvalue weighted by Crippen LogP contribution is 2.46. The molecule has 0 aliphatic heterocycles. The lowest BCUT2D eigenvalue weighted by molar-refractivity contribution is 0.247. The highest BCUT2D eigenvalue weighted by atomic mass is 35.5. The summed E-state index contributed by atoms with van der Waals surface area (Å²) in [4.78, 5) is 12.5. The third-order valence-electron chi connectivity index (χ3n) is 5.04. The van der Waals surface area contributed by atoms with Crippen LogP contribution in [0.2, 0.25) is 5.02 Å². The number of amides is 2. The first-order chi connectivity index (χ1) is 13.1. The summed E-state index contributed by atoms with van der Waals surface area (Å²) in [5, 5.41) is 6.77. The maximum atomic E-state index is 12.5. The van der Waals surface area contributed by atoms with Crippen molar-refractivity contribution in [3.8, 4) is 11.1 Å². The maximum Gasteiger partial charge on any atom is 0.319 e. The molecule has 3 nitrogen and oxygen atoms in total. The number of anilines is 1. The van der Waals surface area contributed by atoms with Gasteiger partial charge in [-0.05, 0) is 66.3 Å². The predicted octanol–water partition coefficient (Wildman–Crippen LogP) is 6.13. The third-order valence-corrected chi connectivity index (χ3v) is 5.46. The lowest BCUT2D eigenvalue weighted by atomic mass is 9.98. The van der Waals surface area contributed by atoms with Crippen molar-refractivity contribution in [1.82, 2.24) is 5.32 Å². The molecule has 1 saturated carbocycles. The van der Waals surface area contributed by atoms with Crippen LogP contribution < -0.4 is 10.6 Å². The van der Waals surface area contributed by atoms with Gasteiger partial charge in [0.05, 0.1) is 5.54 Å². The van der Waals surface area contributed by atoms with Crippen LogP contribution in [0.5, 0.6) is 0 Å². The molecule has 0 unspecified atom stereocenters. The summed E-state index contributed by atoms with van der Waals surface area (Å²) in [7, 11) is 0. The van der Waals surface area contributed by atoms with E-state index in [1.54, 1.807) is 6.07 Å². The first-order valence-electron chi connectivity index (χ1n) is 9.07. The molecule has 27 heavy (non-hydrogen) atoms. The number of hydrogen-bond acceptors (Lipinski definition) is 1. The molecule has 0 aromatic heterocycles. The highest BCUT2D eigenvalue weighted by Gasteiger charge is 2.45. The number of aryl methyl sites for hydroxylation is 1. The maximum absolute atomic E-state index is 12.5. The lowest BCUT2D eigenvalue weighted by Crippen LogP contribution is -2.38. The minimum absolute atomic E-state index is 0.195. The Hall–Kier alpha value is -2.78. The van der Waals surface area contributed by atoms with Gasteiger partial charge in [-0.25, -0.2) is 4.79 Å². The summed E-state index contributed by atoms with van der Waals surface area (Å²) < 4.78 is 0. The predicted molar refractivity (Wildman–Crippen MR) is 111 cm³/mol. The van der Waals surface area contributed by atoms with E-state index in [9.17, 15) is 4.79 Å². The van der Waals surface area contributed by atoms with Crippen molar-refractivity contribution < 1.29 is 4.79 Å². The molecule has 1 aliphatic rings. The number of nitrogens with one attached hydrogen (secondary N) is 2. The molecule has 2 amide bonds. The molecule has 0 spiro atoms. The summed E-state index contributed by atoms with van der Waals surface area (Å²) in [5.41, 5.74) is 4.88. The fourth-order valence-corrected chi connectivity index (χ4v) is 3.46. The SMILES string of the molecule is Cc1cc(NC(=O)NC2(c3cccc(-c4ccccc4)c3)CC2)ccc1Cl. The molecule has 4 heteroatoms. The molecule has 1 fully saturated rings. The van der Waals surface area contributed by atoms with Gasteiger partial charge in [0.25, 0.3) is 0 Å². The molecule has 4 rings (SSSR count). The molecule has 0 heterocycles. The summed E-state index contributed by atoms with van der Waals surface area (Å²) in [5.74, 6) is 0. The van der Waals surface area contributed by atoms with Crippen molar-refractivity contribution in [2.24, 2.45) is 0 Å². The van der Waals surface area contributed by atoms with Crippen LogP contribution in [-0.4, -0.2) is 6.03 Å². The van der Waals surface area contributed by atoms with E-state index in [0.29, 0.717) is 5.02 Å². The summed E-state index contributed by atoms with van der Waals surface area (Å²) >= 11 is 6.05. The Bertz CT molecular complexity index is 981. The Kier molecular flexibility index (Phi) is 4.63. The molecular weight excluding hydrogens is 356 g/mol. The van der Waals surface area contributed by atoms with Crippen LogP contribution in [0.25, 0.3) is 11.1 Å². The Morgan fingerprint density at radius 1 is 0.926 bits per heavy atom. The van der Waals surface area contributed by atoms with Gasteiger partial charge in [0.1, 0.15) is 0 Å². The second-order valence-corrected chi connectivity index (χ2v) is 7.48.